The zero-order valence-corrected chi connectivity index (χ0v) is 10.7. The zero-order chi connectivity index (χ0) is 12.4. The first-order chi connectivity index (χ1) is 8.09. The maximum Gasteiger partial charge on any atom is 0.310 e. The van der Waals surface area contributed by atoms with Gasteiger partial charge in [-0.25, -0.2) is 4.98 Å². The largest absolute Gasteiger partial charge is 0.481 e. The Balaban J connectivity index is 2.02. The van der Waals surface area contributed by atoms with E-state index in [0.717, 1.165) is 12.2 Å². The van der Waals surface area contributed by atoms with Gasteiger partial charge in [-0.05, 0) is 14.0 Å². The highest BCUT2D eigenvalue weighted by atomic mass is 32.1. The van der Waals surface area contributed by atoms with Gasteiger partial charge >= 0.3 is 5.97 Å². The number of carbonyl (C=O) groups is 1. The van der Waals surface area contributed by atoms with E-state index in [9.17, 15) is 4.79 Å². The van der Waals surface area contributed by atoms with Gasteiger partial charge in [-0.15, -0.1) is 11.3 Å². The molecule has 0 bridgehead atoms. The van der Waals surface area contributed by atoms with Gasteiger partial charge in [-0.1, -0.05) is 0 Å². The minimum atomic E-state index is -0.777. The van der Waals surface area contributed by atoms with E-state index in [1.807, 2.05) is 24.4 Å². The number of thiazole rings is 1. The molecule has 2 heterocycles. The SMILES string of the molecule is Cc1ncsc1CN(C)C1COCC1C(=O)O. The summed E-state index contributed by atoms with van der Waals surface area (Å²) in [6.07, 6.45) is 0. The molecule has 1 aliphatic heterocycles. The lowest BCUT2D eigenvalue weighted by Gasteiger charge is -2.25. The van der Waals surface area contributed by atoms with Gasteiger partial charge in [0, 0.05) is 17.5 Å². The fourth-order valence-corrected chi connectivity index (χ4v) is 2.87. The summed E-state index contributed by atoms with van der Waals surface area (Å²) in [5.74, 6) is -1.20. The van der Waals surface area contributed by atoms with Gasteiger partial charge in [0.2, 0.25) is 0 Å². The van der Waals surface area contributed by atoms with Crippen LogP contribution in [0.25, 0.3) is 0 Å². The van der Waals surface area contributed by atoms with E-state index in [0.29, 0.717) is 13.2 Å². The van der Waals surface area contributed by atoms with Crippen molar-refractivity contribution in [3.8, 4) is 0 Å². The molecule has 6 heteroatoms. The molecule has 0 saturated carbocycles. The number of nitrogens with zero attached hydrogens (tertiary/aromatic N) is 2. The van der Waals surface area contributed by atoms with Crippen LogP contribution in [-0.4, -0.2) is 47.3 Å². The van der Waals surface area contributed by atoms with Crippen molar-refractivity contribution in [2.75, 3.05) is 20.3 Å². The summed E-state index contributed by atoms with van der Waals surface area (Å²) >= 11 is 1.61. The quantitative estimate of drug-likeness (QED) is 0.870. The Kier molecular flexibility index (Phi) is 3.76. The van der Waals surface area contributed by atoms with Crippen molar-refractivity contribution in [1.82, 2.24) is 9.88 Å². The molecule has 0 aliphatic carbocycles. The van der Waals surface area contributed by atoms with E-state index in [2.05, 4.69) is 4.98 Å². The minimum Gasteiger partial charge on any atom is -0.481 e. The summed E-state index contributed by atoms with van der Waals surface area (Å²) in [4.78, 5) is 18.5. The third kappa shape index (κ3) is 2.65. The third-order valence-corrected chi connectivity index (χ3v) is 4.09. The van der Waals surface area contributed by atoms with Crippen molar-refractivity contribution >= 4 is 17.3 Å². The molecule has 5 nitrogen and oxygen atoms in total. The van der Waals surface area contributed by atoms with Crippen molar-refractivity contribution < 1.29 is 14.6 Å². The van der Waals surface area contributed by atoms with E-state index < -0.39 is 11.9 Å². The number of carboxylic acids is 1. The number of hydrogen-bond acceptors (Lipinski definition) is 5. The smallest absolute Gasteiger partial charge is 0.310 e. The first kappa shape index (κ1) is 12.5. The van der Waals surface area contributed by atoms with Crippen LogP contribution in [0.3, 0.4) is 0 Å². The number of rotatable bonds is 4. The number of aryl methyl sites for hydroxylation is 1. The predicted octanol–water partition coefficient (Wildman–Crippen LogP) is 0.983. The van der Waals surface area contributed by atoms with E-state index in [1.165, 1.54) is 4.88 Å². The molecule has 0 radical (unpaired) electrons. The molecule has 2 unspecified atom stereocenters. The second-order valence-corrected chi connectivity index (χ2v) is 5.26. The standard InChI is InChI=1S/C11H16N2O3S/c1-7-10(17-6-12-7)3-13(2)9-5-16-4-8(9)11(14)15/h6,8-9H,3-5H2,1-2H3,(H,14,15). The number of ether oxygens (including phenoxy) is 1. The van der Waals surface area contributed by atoms with E-state index >= 15 is 0 Å². The summed E-state index contributed by atoms with van der Waals surface area (Å²) < 4.78 is 5.27. The van der Waals surface area contributed by atoms with Crippen LogP contribution >= 0.6 is 11.3 Å². The molecule has 0 aromatic carbocycles. The van der Waals surface area contributed by atoms with E-state index in [-0.39, 0.29) is 6.04 Å². The molecular formula is C11H16N2O3S. The Morgan fingerprint density at radius 1 is 1.71 bits per heavy atom. The summed E-state index contributed by atoms with van der Waals surface area (Å²) in [6, 6.07) is -0.0472. The Bertz CT molecular complexity index is 407. The predicted molar refractivity (Wildman–Crippen MR) is 64.1 cm³/mol. The number of aliphatic carboxylic acids is 1. The van der Waals surface area contributed by atoms with Crippen molar-refractivity contribution in [1.29, 1.82) is 0 Å². The monoisotopic (exact) mass is 256 g/mol. The highest BCUT2D eigenvalue weighted by molar-refractivity contribution is 7.09. The Labute approximate surface area is 104 Å². The lowest BCUT2D eigenvalue weighted by molar-refractivity contribution is -0.143. The van der Waals surface area contributed by atoms with Gasteiger partial charge in [0.1, 0.15) is 0 Å². The third-order valence-electron chi connectivity index (χ3n) is 3.17. The molecule has 1 saturated heterocycles. The highest BCUT2D eigenvalue weighted by Crippen LogP contribution is 2.22. The molecule has 1 aromatic heterocycles. The van der Waals surface area contributed by atoms with Crippen LogP contribution in [0.2, 0.25) is 0 Å². The number of carboxylic acid groups (broad SMARTS) is 1. The fraction of sp³-hybridized carbons (Fsp3) is 0.636. The normalized spacial score (nSPS) is 24.4. The Hall–Kier alpha value is -0.980. The van der Waals surface area contributed by atoms with E-state index in [1.54, 1.807) is 11.3 Å². The Morgan fingerprint density at radius 2 is 2.47 bits per heavy atom. The second kappa shape index (κ2) is 5.12. The van der Waals surface area contributed by atoms with Crippen LogP contribution in [0.4, 0.5) is 0 Å². The Morgan fingerprint density at radius 3 is 3.06 bits per heavy atom. The molecule has 17 heavy (non-hydrogen) atoms. The molecule has 2 atom stereocenters. The van der Waals surface area contributed by atoms with Crippen molar-refractivity contribution in [2.24, 2.45) is 5.92 Å². The summed E-state index contributed by atoms with van der Waals surface area (Å²) in [6.45, 7) is 3.51. The molecule has 1 fully saturated rings. The van der Waals surface area contributed by atoms with Crippen LogP contribution in [0.5, 0.6) is 0 Å². The first-order valence-corrected chi connectivity index (χ1v) is 6.37. The molecule has 94 valence electrons. The molecular weight excluding hydrogens is 240 g/mol. The van der Waals surface area contributed by atoms with E-state index in [4.69, 9.17) is 9.84 Å². The lowest BCUT2D eigenvalue weighted by Crippen LogP contribution is -2.40. The van der Waals surface area contributed by atoms with Gasteiger partial charge in [0.15, 0.2) is 0 Å². The van der Waals surface area contributed by atoms with Gasteiger partial charge in [-0.2, -0.15) is 0 Å². The van der Waals surface area contributed by atoms with Crippen molar-refractivity contribution in [3.05, 3.63) is 16.1 Å². The molecule has 2 rings (SSSR count). The summed E-state index contributed by atoms with van der Waals surface area (Å²) in [5, 5.41) is 9.10. The molecule has 1 aromatic rings. The topological polar surface area (TPSA) is 62.7 Å². The zero-order valence-electron chi connectivity index (χ0n) is 9.92. The van der Waals surface area contributed by atoms with Gasteiger partial charge in [0.05, 0.1) is 30.3 Å². The van der Waals surface area contributed by atoms with Gasteiger partial charge in [-0.3, -0.25) is 9.69 Å². The average Bonchev–Trinajstić information content (AvgIpc) is 2.87. The maximum absolute atomic E-state index is 11.1. The van der Waals surface area contributed by atoms with Crippen LogP contribution in [0.1, 0.15) is 10.6 Å². The first-order valence-electron chi connectivity index (χ1n) is 5.49. The minimum absolute atomic E-state index is 0.0472. The number of likely N-dealkylation sites (N-methyl/N-ethyl adjacent to an activating group) is 1. The van der Waals surface area contributed by atoms with Gasteiger partial charge in [0.25, 0.3) is 0 Å². The van der Waals surface area contributed by atoms with Crippen LogP contribution < -0.4 is 0 Å². The highest BCUT2D eigenvalue weighted by Gasteiger charge is 2.36. The molecule has 1 N–H and O–H groups in total. The second-order valence-electron chi connectivity index (χ2n) is 4.33. The summed E-state index contributed by atoms with van der Waals surface area (Å²) in [5.41, 5.74) is 2.84. The fourth-order valence-electron chi connectivity index (χ4n) is 2.04. The van der Waals surface area contributed by atoms with Crippen molar-refractivity contribution in [2.45, 2.75) is 19.5 Å². The van der Waals surface area contributed by atoms with Crippen LogP contribution in [0.15, 0.2) is 5.51 Å². The average molecular weight is 256 g/mol. The molecule has 1 aliphatic rings. The van der Waals surface area contributed by atoms with Crippen LogP contribution in [0, 0.1) is 12.8 Å². The maximum atomic E-state index is 11.1. The van der Waals surface area contributed by atoms with Gasteiger partial charge < -0.3 is 9.84 Å². The summed E-state index contributed by atoms with van der Waals surface area (Å²) in [7, 11) is 1.94. The number of hydrogen-bond donors (Lipinski definition) is 1. The molecule has 0 spiro atoms. The number of aromatic nitrogens is 1. The molecule has 0 amide bonds. The van der Waals surface area contributed by atoms with Crippen LogP contribution in [-0.2, 0) is 16.1 Å². The van der Waals surface area contributed by atoms with Crippen molar-refractivity contribution in [3.63, 3.8) is 0 Å². The lowest BCUT2D eigenvalue weighted by atomic mass is 10.0.